The average molecular weight is 187 g/mol. The fourth-order valence-corrected chi connectivity index (χ4v) is 1.64. The van der Waals surface area contributed by atoms with E-state index < -0.39 is 0 Å². The number of hydrogen-bond acceptors (Lipinski definition) is 3. The van der Waals surface area contributed by atoms with Gasteiger partial charge in [0.15, 0.2) is 0 Å². The van der Waals surface area contributed by atoms with Gasteiger partial charge in [-0.1, -0.05) is 13.8 Å². The highest BCUT2D eigenvalue weighted by molar-refractivity contribution is 5.02. The van der Waals surface area contributed by atoms with Gasteiger partial charge in [-0.3, -0.25) is 0 Å². The second-order valence-electron chi connectivity index (χ2n) is 4.82. The lowest BCUT2D eigenvalue weighted by Crippen LogP contribution is -2.62. The third kappa shape index (κ3) is 2.03. The zero-order valence-corrected chi connectivity index (χ0v) is 8.91. The third-order valence-corrected chi connectivity index (χ3v) is 3.40. The van der Waals surface area contributed by atoms with Crippen molar-refractivity contribution >= 4 is 0 Å². The largest absolute Gasteiger partial charge is 0.392 e. The molecule has 0 heterocycles. The van der Waals surface area contributed by atoms with Crippen LogP contribution in [0.4, 0.5) is 0 Å². The first-order chi connectivity index (χ1) is 5.85. The normalized spacial score (nSPS) is 36.5. The zero-order chi connectivity index (χ0) is 10.2. The number of aliphatic hydroxyl groups is 2. The van der Waals surface area contributed by atoms with Crippen molar-refractivity contribution in [2.75, 3.05) is 0 Å². The maximum atomic E-state index is 9.50. The summed E-state index contributed by atoms with van der Waals surface area (Å²) in [6.07, 6.45) is 0.254. The molecular formula is C10H21NO2. The van der Waals surface area contributed by atoms with Crippen LogP contribution in [0.1, 0.15) is 34.1 Å². The van der Waals surface area contributed by atoms with Crippen LogP contribution in [0.2, 0.25) is 0 Å². The Balaban J connectivity index is 2.40. The Hall–Kier alpha value is -0.120. The first-order valence-corrected chi connectivity index (χ1v) is 4.98. The van der Waals surface area contributed by atoms with Gasteiger partial charge in [-0.2, -0.15) is 0 Å². The molecule has 13 heavy (non-hydrogen) atoms. The van der Waals surface area contributed by atoms with Crippen LogP contribution in [0.15, 0.2) is 0 Å². The number of hydrogen-bond donors (Lipinski definition) is 3. The molecule has 0 aromatic heterocycles. The summed E-state index contributed by atoms with van der Waals surface area (Å²) in [6, 6.07) is 0.420. The van der Waals surface area contributed by atoms with Crippen molar-refractivity contribution in [1.82, 2.24) is 5.32 Å². The Morgan fingerprint density at radius 1 is 1.38 bits per heavy atom. The summed E-state index contributed by atoms with van der Waals surface area (Å²) < 4.78 is 0. The summed E-state index contributed by atoms with van der Waals surface area (Å²) in [4.78, 5) is 0. The molecule has 0 saturated heterocycles. The third-order valence-electron chi connectivity index (χ3n) is 3.40. The summed E-state index contributed by atoms with van der Waals surface area (Å²) >= 11 is 0. The van der Waals surface area contributed by atoms with Crippen LogP contribution in [0.25, 0.3) is 0 Å². The molecule has 0 bridgehead atoms. The Bertz CT molecular complexity index is 180. The highest BCUT2D eigenvalue weighted by Crippen LogP contribution is 2.40. The van der Waals surface area contributed by atoms with Gasteiger partial charge in [0.2, 0.25) is 0 Å². The smallest absolute Gasteiger partial charge is 0.0662 e. The fraction of sp³-hybridized carbons (Fsp3) is 1.00. The molecule has 0 aliphatic heterocycles. The van der Waals surface area contributed by atoms with E-state index in [4.69, 9.17) is 0 Å². The van der Waals surface area contributed by atoms with Gasteiger partial charge in [-0.05, 0) is 20.3 Å². The molecule has 1 aliphatic carbocycles. The maximum absolute atomic E-state index is 9.50. The van der Waals surface area contributed by atoms with E-state index in [2.05, 4.69) is 5.32 Å². The van der Waals surface area contributed by atoms with E-state index in [9.17, 15) is 10.2 Å². The van der Waals surface area contributed by atoms with Crippen molar-refractivity contribution in [3.63, 3.8) is 0 Å². The van der Waals surface area contributed by atoms with E-state index in [1.165, 1.54) is 0 Å². The van der Waals surface area contributed by atoms with Crippen LogP contribution in [0.5, 0.6) is 0 Å². The fourth-order valence-electron chi connectivity index (χ4n) is 1.64. The molecule has 0 amide bonds. The molecule has 0 radical (unpaired) electrons. The molecule has 3 N–H and O–H groups in total. The molecule has 1 aliphatic rings. The van der Waals surface area contributed by atoms with Crippen LogP contribution in [-0.2, 0) is 0 Å². The molecule has 1 saturated carbocycles. The minimum absolute atomic E-state index is 0.0524. The quantitative estimate of drug-likeness (QED) is 0.603. The monoisotopic (exact) mass is 187 g/mol. The van der Waals surface area contributed by atoms with Crippen molar-refractivity contribution in [2.45, 2.75) is 58.4 Å². The van der Waals surface area contributed by atoms with Crippen LogP contribution < -0.4 is 5.32 Å². The van der Waals surface area contributed by atoms with Gasteiger partial charge in [0.1, 0.15) is 0 Å². The molecule has 78 valence electrons. The number of nitrogens with one attached hydrogen (secondary N) is 1. The summed E-state index contributed by atoms with van der Waals surface area (Å²) in [5.74, 6) is 0. The first kappa shape index (κ1) is 11.0. The molecule has 0 aromatic carbocycles. The van der Waals surface area contributed by atoms with Crippen LogP contribution >= 0.6 is 0 Å². The van der Waals surface area contributed by atoms with Gasteiger partial charge < -0.3 is 15.5 Å². The molecule has 4 unspecified atom stereocenters. The summed E-state index contributed by atoms with van der Waals surface area (Å²) in [7, 11) is 0. The van der Waals surface area contributed by atoms with Gasteiger partial charge in [0.05, 0.1) is 12.2 Å². The van der Waals surface area contributed by atoms with Gasteiger partial charge >= 0.3 is 0 Å². The van der Waals surface area contributed by atoms with E-state index in [0.29, 0.717) is 6.04 Å². The summed E-state index contributed by atoms with van der Waals surface area (Å²) in [5, 5.41) is 22.1. The van der Waals surface area contributed by atoms with Gasteiger partial charge in [-0.25, -0.2) is 0 Å². The highest BCUT2D eigenvalue weighted by atomic mass is 16.3. The summed E-state index contributed by atoms with van der Waals surface area (Å²) in [5.41, 5.74) is -0.0524. The van der Waals surface area contributed by atoms with E-state index in [-0.39, 0.29) is 23.7 Å². The minimum Gasteiger partial charge on any atom is -0.392 e. The number of rotatable bonds is 3. The molecule has 1 fully saturated rings. The van der Waals surface area contributed by atoms with Crippen molar-refractivity contribution < 1.29 is 10.2 Å². The lowest BCUT2D eigenvalue weighted by Gasteiger charge is -2.50. The molecule has 0 aromatic rings. The molecule has 3 nitrogen and oxygen atoms in total. The second kappa shape index (κ2) is 3.56. The predicted octanol–water partition coefficient (Wildman–Crippen LogP) is 0.505. The Morgan fingerprint density at radius 2 is 1.92 bits per heavy atom. The van der Waals surface area contributed by atoms with Crippen LogP contribution in [0, 0.1) is 5.41 Å². The second-order valence-corrected chi connectivity index (χ2v) is 4.82. The van der Waals surface area contributed by atoms with Crippen molar-refractivity contribution in [2.24, 2.45) is 5.41 Å². The van der Waals surface area contributed by atoms with E-state index in [1.807, 2.05) is 20.8 Å². The predicted molar refractivity (Wildman–Crippen MR) is 52.5 cm³/mol. The topological polar surface area (TPSA) is 52.5 Å². The molecule has 0 spiro atoms. The molecule has 1 rings (SSSR count). The van der Waals surface area contributed by atoms with Crippen molar-refractivity contribution in [1.29, 1.82) is 0 Å². The van der Waals surface area contributed by atoms with Gasteiger partial charge in [-0.15, -0.1) is 0 Å². The van der Waals surface area contributed by atoms with Gasteiger partial charge in [0.25, 0.3) is 0 Å². The Morgan fingerprint density at radius 3 is 2.23 bits per heavy atom. The van der Waals surface area contributed by atoms with Gasteiger partial charge in [0, 0.05) is 17.5 Å². The van der Waals surface area contributed by atoms with E-state index >= 15 is 0 Å². The van der Waals surface area contributed by atoms with E-state index in [0.717, 1.165) is 6.42 Å². The first-order valence-electron chi connectivity index (χ1n) is 4.98. The lowest BCUT2D eigenvalue weighted by atomic mass is 9.64. The molecular weight excluding hydrogens is 166 g/mol. The zero-order valence-electron chi connectivity index (χ0n) is 8.91. The standard InChI is InChI=1S/C10H21NO2/c1-6(7(2)12)11-8-5-9(13)10(8,3)4/h6-9,11-13H,5H2,1-4H3. The van der Waals surface area contributed by atoms with Crippen molar-refractivity contribution in [3.8, 4) is 0 Å². The Labute approximate surface area is 80.2 Å². The van der Waals surface area contributed by atoms with Crippen LogP contribution in [-0.4, -0.2) is 34.5 Å². The number of aliphatic hydroxyl groups excluding tert-OH is 2. The summed E-state index contributed by atoms with van der Waals surface area (Å²) in [6.45, 7) is 7.84. The average Bonchev–Trinajstić information content (AvgIpc) is 2.03. The lowest BCUT2D eigenvalue weighted by molar-refractivity contribution is -0.0792. The van der Waals surface area contributed by atoms with Crippen molar-refractivity contribution in [3.05, 3.63) is 0 Å². The minimum atomic E-state index is -0.339. The Kier molecular flexibility index (Phi) is 3.00. The highest BCUT2D eigenvalue weighted by Gasteiger charge is 2.47. The maximum Gasteiger partial charge on any atom is 0.0662 e. The molecule has 4 atom stereocenters. The molecule has 3 heteroatoms. The van der Waals surface area contributed by atoms with Crippen LogP contribution in [0.3, 0.4) is 0 Å². The SMILES string of the molecule is CC(O)C(C)NC1CC(O)C1(C)C. The van der Waals surface area contributed by atoms with E-state index in [1.54, 1.807) is 6.92 Å².